The van der Waals surface area contributed by atoms with Crippen LogP contribution in [0.4, 0.5) is 4.39 Å². The Hall–Kier alpha value is -2.34. The number of ether oxygens (including phenoxy) is 1. The van der Waals surface area contributed by atoms with Crippen molar-refractivity contribution in [3.05, 3.63) is 71.5 Å². The minimum Gasteiger partial charge on any atom is -0.459 e. The van der Waals surface area contributed by atoms with E-state index in [1.54, 1.807) is 48.2 Å². The van der Waals surface area contributed by atoms with Gasteiger partial charge in [-0.2, -0.15) is 11.8 Å². The number of benzene rings is 2. The molecule has 1 atom stereocenters. The highest BCUT2D eigenvalue weighted by Crippen LogP contribution is 2.09. The number of esters is 1. The Labute approximate surface area is 150 Å². The van der Waals surface area contributed by atoms with Gasteiger partial charge in [0.1, 0.15) is 18.5 Å². The smallest absolute Gasteiger partial charge is 0.329 e. The molecule has 0 aliphatic rings. The third kappa shape index (κ3) is 6.23. The summed E-state index contributed by atoms with van der Waals surface area (Å²) in [4.78, 5) is 24.6. The number of nitrogens with one attached hydrogen (secondary N) is 1. The van der Waals surface area contributed by atoms with E-state index < -0.39 is 12.0 Å². The number of hydrogen-bond donors (Lipinski definition) is 1. The van der Waals surface area contributed by atoms with E-state index >= 15 is 0 Å². The van der Waals surface area contributed by atoms with Crippen LogP contribution in [0.25, 0.3) is 0 Å². The Morgan fingerprint density at radius 3 is 2.44 bits per heavy atom. The van der Waals surface area contributed by atoms with Gasteiger partial charge in [-0.25, -0.2) is 9.18 Å². The predicted molar refractivity (Wildman–Crippen MR) is 96.9 cm³/mol. The zero-order valence-corrected chi connectivity index (χ0v) is 14.7. The fourth-order valence-corrected chi connectivity index (χ4v) is 2.62. The van der Waals surface area contributed by atoms with E-state index in [9.17, 15) is 14.0 Å². The zero-order chi connectivity index (χ0) is 18.1. The second-order valence-electron chi connectivity index (χ2n) is 5.41. The molecule has 0 bridgehead atoms. The molecule has 2 aromatic rings. The lowest BCUT2D eigenvalue weighted by atomic mass is 10.1. The van der Waals surface area contributed by atoms with Crippen LogP contribution >= 0.6 is 11.8 Å². The summed E-state index contributed by atoms with van der Waals surface area (Å²) in [5, 5.41) is 2.73. The van der Waals surface area contributed by atoms with Crippen molar-refractivity contribution in [3.8, 4) is 0 Å². The van der Waals surface area contributed by atoms with Crippen LogP contribution in [-0.2, 0) is 16.1 Å². The summed E-state index contributed by atoms with van der Waals surface area (Å²) in [6, 6.07) is 13.7. The second-order valence-corrected chi connectivity index (χ2v) is 6.39. The monoisotopic (exact) mass is 361 g/mol. The summed E-state index contributed by atoms with van der Waals surface area (Å²) < 4.78 is 18.2. The van der Waals surface area contributed by atoms with Gasteiger partial charge in [0, 0.05) is 5.56 Å². The van der Waals surface area contributed by atoms with Crippen molar-refractivity contribution < 1.29 is 18.7 Å². The van der Waals surface area contributed by atoms with Gasteiger partial charge in [-0.15, -0.1) is 0 Å². The summed E-state index contributed by atoms with van der Waals surface area (Å²) in [7, 11) is 0. The van der Waals surface area contributed by atoms with Crippen LogP contribution in [0, 0.1) is 5.82 Å². The predicted octanol–water partition coefficient (Wildman–Crippen LogP) is 3.42. The van der Waals surface area contributed by atoms with Crippen LogP contribution in [-0.4, -0.2) is 29.9 Å². The largest absolute Gasteiger partial charge is 0.459 e. The highest BCUT2D eigenvalue weighted by atomic mass is 32.2. The molecular formula is C19H20FNO3S. The molecule has 0 heterocycles. The highest BCUT2D eigenvalue weighted by Gasteiger charge is 2.22. The molecule has 1 unspecified atom stereocenters. The van der Waals surface area contributed by atoms with Crippen molar-refractivity contribution in [1.82, 2.24) is 5.32 Å². The van der Waals surface area contributed by atoms with Crippen LogP contribution in [0.5, 0.6) is 0 Å². The molecule has 132 valence electrons. The molecule has 0 spiro atoms. The Kier molecular flexibility index (Phi) is 7.47. The average Bonchev–Trinajstić information content (AvgIpc) is 2.65. The quantitative estimate of drug-likeness (QED) is 0.732. The summed E-state index contributed by atoms with van der Waals surface area (Å²) >= 11 is 1.59. The maximum Gasteiger partial charge on any atom is 0.329 e. The molecule has 0 saturated heterocycles. The number of hydrogen-bond acceptors (Lipinski definition) is 4. The Morgan fingerprint density at radius 1 is 1.12 bits per heavy atom. The van der Waals surface area contributed by atoms with Gasteiger partial charge in [0.2, 0.25) is 0 Å². The Morgan fingerprint density at radius 2 is 1.80 bits per heavy atom. The third-order valence-corrected chi connectivity index (χ3v) is 4.17. The molecule has 0 radical (unpaired) electrons. The fourth-order valence-electron chi connectivity index (χ4n) is 2.15. The molecule has 2 aromatic carbocycles. The van der Waals surface area contributed by atoms with Crippen molar-refractivity contribution in [2.45, 2.75) is 19.1 Å². The molecule has 0 saturated carbocycles. The lowest BCUT2D eigenvalue weighted by Crippen LogP contribution is -2.42. The SMILES string of the molecule is CSCCC(NC(=O)c1ccccc1)C(=O)OCc1ccc(F)cc1. The number of carbonyl (C=O) groups excluding carboxylic acids is 2. The first-order valence-electron chi connectivity index (χ1n) is 7.86. The molecule has 0 aliphatic carbocycles. The van der Waals surface area contributed by atoms with Gasteiger partial charge in [-0.05, 0) is 48.3 Å². The summed E-state index contributed by atoms with van der Waals surface area (Å²) in [6.07, 6.45) is 2.40. The molecule has 2 rings (SSSR count). The minimum absolute atomic E-state index is 0.0378. The maximum absolute atomic E-state index is 12.9. The van der Waals surface area contributed by atoms with E-state index in [0.717, 1.165) is 0 Å². The summed E-state index contributed by atoms with van der Waals surface area (Å²) in [6.45, 7) is 0.0378. The van der Waals surface area contributed by atoms with Crippen LogP contribution in [0.1, 0.15) is 22.3 Å². The summed E-state index contributed by atoms with van der Waals surface area (Å²) in [5.74, 6) is -0.443. The van der Waals surface area contributed by atoms with E-state index in [1.807, 2.05) is 12.3 Å². The molecular weight excluding hydrogens is 341 g/mol. The molecule has 25 heavy (non-hydrogen) atoms. The van der Waals surface area contributed by atoms with E-state index in [2.05, 4.69) is 5.32 Å². The molecule has 4 nitrogen and oxygen atoms in total. The van der Waals surface area contributed by atoms with Gasteiger partial charge in [0.15, 0.2) is 0 Å². The molecule has 0 aliphatic heterocycles. The van der Waals surface area contributed by atoms with Crippen molar-refractivity contribution in [3.63, 3.8) is 0 Å². The van der Waals surface area contributed by atoms with E-state index in [0.29, 0.717) is 23.3 Å². The molecule has 0 fully saturated rings. The average molecular weight is 361 g/mol. The number of rotatable bonds is 8. The first kappa shape index (κ1) is 19.0. The number of carbonyl (C=O) groups is 2. The van der Waals surface area contributed by atoms with Gasteiger partial charge >= 0.3 is 5.97 Å². The van der Waals surface area contributed by atoms with Crippen LogP contribution in [0.15, 0.2) is 54.6 Å². The van der Waals surface area contributed by atoms with Crippen LogP contribution < -0.4 is 5.32 Å². The van der Waals surface area contributed by atoms with Gasteiger partial charge in [-0.1, -0.05) is 30.3 Å². The maximum atomic E-state index is 12.9. The molecule has 6 heteroatoms. The topological polar surface area (TPSA) is 55.4 Å². The Bertz CT molecular complexity index is 692. The van der Waals surface area contributed by atoms with Gasteiger partial charge in [0.05, 0.1) is 0 Å². The number of halogens is 1. The lowest BCUT2D eigenvalue weighted by Gasteiger charge is -2.17. The fraction of sp³-hybridized carbons (Fsp3) is 0.263. The van der Waals surface area contributed by atoms with Crippen molar-refractivity contribution in [1.29, 1.82) is 0 Å². The molecule has 1 amide bonds. The summed E-state index contributed by atoms with van der Waals surface area (Å²) in [5.41, 5.74) is 1.18. The van der Waals surface area contributed by atoms with Crippen LogP contribution in [0.3, 0.4) is 0 Å². The van der Waals surface area contributed by atoms with Crippen molar-refractivity contribution in [2.24, 2.45) is 0 Å². The second kappa shape index (κ2) is 9.84. The standard InChI is InChI=1S/C19H20FNO3S/c1-25-12-11-17(21-18(22)15-5-3-2-4-6-15)19(23)24-13-14-7-9-16(20)10-8-14/h2-10,17H,11-13H2,1H3,(H,21,22). The van der Waals surface area contributed by atoms with Crippen LogP contribution in [0.2, 0.25) is 0 Å². The van der Waals surface area contributed by atoms with Crippen molar-refractivity contribution in [2.75, 3.05) is 12.0 Å². The zero-order valence-electron chi connectivity index (χ0n) is 13.9. The molecule has 0 aromatic heterocycles. The van der Waals surface area contributed by atoms with Gasteiger partial charge < -0.3 is 10.1 Å². The van der Waals surface area contributed by atoms with E-state index in [1.165, 1.54) is 12.1 Å². The van der Waals surface area contributed by atoms with Gasteiger partial charge in [0.25, 0.3) is 5.91 Å². The molecule has 1 N–H and O–H groups in total. The first-order chi connectivity index (χ1) is 12.1. The third-order valence-electron chi connectivity index (χ3n) is 3.53. The minimum atomic E-state index is -0.722. The Balaban J connectivity index is 1.96. The number of thioether (sulfide) groups is 1. The lowest BCUT2D eigenvalue weighted by molar-refractivity contribution is -0.147. The van der Waals surface area contributed by atoms with Gasteiger partial charge in [-0.3, -0.25) is 4.79 Å². The van der Waals surface area contributed by atoms with E-state index in [4.69, 9.17) is 4.74 Å². The van der Waals surface area contributed by atoms with E-state index in [-0.39, 0.29) is 18.3 Å². The first-order valence-corrected chi connectivity index (χ1v) is 9.25. The highest BCUT2D eigenvalue weighted by molar-refractivity contribution is 7.98. The van der Waals surface area contributed by atoms with Crippen molar-refractivity contribution >= 4 is 23.6 Å². The number of amides is 1. The normalized spacial score (nSPS) is 11.6.